The third-order valence-electron chi connectivity index (χ3n) is 2.75. The summed E-state index contributed by atoms with van der Waals surface area (Å²) in [6.45, 7) is 7.51. The van der Waals surface area contributed by atoms with Crippen molar-refractivity contribution in [2.24, 2.45) is 5.92 Å². The Hall–Kier alpha value is -1.43. The van der Waals surface area contributed by atoms with Crippen LogP contribution in [0.5, 0.6) is 11.5 Å². The van der Waals surface area contributed by atoms with Gasteiger partial charge in [-0.25, -0.2) is 0 Å². The fourth-order valence-electron chi connectivity index (χ4n) is 1.74. The number of hydrogen-bond donors (Lipinski definition) is 1. The summed E-state index contributed by atoms with van der Waals surface area (Å²) in [6.07, 6.45) is -4.25. The highest BCUT2D eigenvalue weighted by Gasteiger charge is 2.32. The quantitative estimate of drug-likeness (QED) is 0.788. The highest BCUT2D eigenvalue weighted by atomic mass is 19.4. The largest absolute Gasteiger partial charge is 0.573 e. The average Bonchev–Trinajstić information content (AvgIpc) is 2.37. The molecule has 1 atom stereocenters. The standard InChI is InChI=1S/C15H22F3NO2/c1-4-12(10-19-9-11(2)3)20-13-7-5-6-8-14(13)21-15(16,17)18/h5-8,11-12,19H,4,9-10H2,1-3H3. The summed E-state index contributed by atoms with van der Waals surface area (Å²) in [5.41, 5.74) is 0. The zero-order valence-corrected chi connectivity index (χ0v) is 12.5. The van der Waals surface area contributed by atoms with Crippen molar-refractivity contribution in [3.05, 3.63) is 24.3 Å². The Morgan fingerprint density at radius 1 is 1.10 bits per heavy atom. The molecule has 0 radical (unpaired) electrons. The molecule has 0 aromatic heterocycles. The van der Waals surface area contributed by atoms with Crippen LogP contribution in [0.15, 0.2) is 24.3 Å². The van der Waals surface area contributed by atoms with Crippen LogP contribution in [0.25, 0.3) is 0 Å². The maximum Gasteiger partial charge on any atom is 0.573 e. The van der Waals surface area contributed by atoms with Gasteiger partial charge in [-0.1, -0.05) is 32.9 Å². The van der Waals surface area contributed by atoms with E-state index in [1.807, 2.05) is 6.92 Å². The molecule has 1 rings (SSSR count). The van der Waals surface area contributed by atoms with Gasteiger partial charge in [-0.3, -0.25) is 0 Å². The molecular weight excluding hydrogens is 283 g/mol. The van der Waals surface area contributed by atoms with Crippen LogP contribution in [-0.2, 0) is 0 Å². The second kappa shape index (κ2) is 8.12. The predicted octanol–water partition coefficient (Wildman–Crippen LogP) is 3.99. The molecular formula is C15H22F3NO2. The van der Waals surface area contributed by atoms with E-state index in [-0.39, 0.29) is 17.6 Å². The number of benzene rings is 1. The van der Waals surface area contributed by atoms with E-state index in [1.54, 1.807) is 6.07 Å². The van der Waals surface area contributed by atoms with E-state index in [0.717, 1.165) is 6.54 Å². The van der Waals surface area contributed by atoms with Crippen molar-refractivity contribution in [1.29, 1.82) is 0 Å². The van der Waals surface area contributed by atoms with Gasteiger partial charge in [0.25, 0.3) is 0 Å². The Kier molecular flexibility index (Phi) is 6.81. The lowest BCUT2D eigenvalue weighted by Gasteiger charge is -2.21. The van der Waals surface area contributed by atoms with Crippen molar-refractivity contribution in [3.8, 4) is 11.5 Å². The molecule has 0 aliphatic carbocycles. The molecule has 0 amide bonds. The smallest absolute Gasteiger partial charge is 0.485 e. The molecule has 0 heterocycles. The monoisotopic (exact) mass is 305 g/mol. The van der Waals surface area contributed by atoms with E-state index < -0.39 is 6.36 Å². The van der Waals surface area contributed by atoms with E-state index in [4.69, 9.17) is 4.74 Å². The summed E-state index contributed by atoms with van der Waals surface area (Å²) in [6, 6.07) is 5.82. The van der Waals surface area contributed by atoms with Crippen molar-refractivity contribution in [3.63, 3.8) is 0 Å². The van der Waals surface area contributed by atoms with Crippen LogP contribution in [0.3, 0.4) is 0 Å². The minimum atomic E-state index is -4.73. The zero-order chi connectivity index (χ0) is 15.9. The van der Waals surface area contributed by atoms with E-state index in [9.17, 15) is 13.2 Å². The second-order valence-electron chi connectivity index (χ2n) is 5.19. The van der Waals surface area contributed by atoms with E-state index in [0.29, 0.717) is 18.9 Å². The second-order valence-corrected chi connectivity index (χ2v) is 5.19. The first-order valence-corrected chi connectivity index (χ1v) is 7.04. The minimum Gasteiger partial charge on any atom is -0.485 e. The Balaban J connectivity index is 2.67. The lowest BCUT2D eigenvalue weighted by atomic mass is 10.2. The Bertz CT molecular complexity index is 422. The maximum absolute atomic E-state index is 12.3. The zero-order valence-electron chi connectivity index (χ0n) is 12.5. The van der Waals surface area contributed by atoms with Crippen LogP contribution in [0.2, 0.25) is 0 Å². The average molecular weight is 305 g/mol. The lowest BCUT2D eigenvalue weighted by molar-refractivity contribution is -0.275. The molecule has 0 aliphatic heterocycles. The van der Waals surface area contributed by atoms with Gasteiger partial charge in [-0.15, -0.1) is 13.2 Å². The highest BCUT2D eigenvalue weighted by molar-refractivity contribution is 5.39. The van der Waals surface area contributed by atoms with Crippen LogP contribution >= 0.6 is 0 Å². The molecule has 21 heavy (non-hydrogen) atoms. The van der Waals surface area contributed by atoms with Crippen LogP contribution in [-0.4, -0.2) is 25.6 Å². The number of halogens is 3. The first-order valence-electron chi connectivity index (χ1n) is 7.04. The van der Waals surface area contributed by atoms with E-state index >= 15 is 0 Å². The molecule has 3 nitrogen and oxygen atoms in total. The Morgan fingerprint density at radius 2 is 1.71 bits per heavy atom. The molecule has 1 N–H and O–H groups in total. The number of nitrogens with one attached hydrogen (secondary N) is 1. The fourth-order valence-corrected chi connectivity index (χ4v) is 1.74. The first kappa shape index (κ1) is 17.6. The predicted molar refractivity (Wildman–Crippen MR) is 75.5 cm³/mol. The van der Waals surface area contributed by atoms with Crippen molar-refractivity contribution < 1.29 is 22.6 Å². The third kappa shape index (κ3) is 7.22. The Labute approximate surface area is 123 Å². The van der Waals surface area contributed by atoms with Gasteiger partial charge in [-0.2, -0.15) is 0 Å². The SMILES string of the molecule is CCC(CNCC(C)C)Oc1ccccc1OC(F)(F)F. The van der Waals surface area contributed by atoms with Crippen LogP contribution in [0.4, 0.5) is 13.2 Å². The summed E-state index contributed by atoms with van der Waals surface area (Å²) in [7, 11) is 0. The number of hydrogen-bond acceptors (Lipinski definition) is 3. The molecule has 0 saturated carbocycles. The number of alkyl halides is 3. The van der Waals surface area contributed by atoms with Crippen LogP contribution < -0.4 is 14.8 Å². The Morgan fingerprint density at radius 3 is 2.24 bits per heavy atom. The highest BCUT2D eigenvalue weighted by Crippen LogP contribution is 2.32. The normalized spacial score (nSPS) is 13.3. The topological polar surface area (TPSA) is 30.5 Å². The van der Waals surface area contributed by atoms with Gasteiger partial charge in [-0.05, 0) is 31.0 Å². The molecule has 120 valence electrons. The van der Waals surface area contributed by atoms with Gasteiger partial charge in [0.05, 0.1) is 0 Å². The van der Waals surface area contributed by atoms with Gasteiger partial charge in [0.2, 0.25) is 0 Å². The summed E-state index contributed by atoms with van der Waals surface area (Å²) in [4.78, 5) is 0. The van der Waals surface area contributed by atoms with Gasteiger partial charge in [0.15, 0.2) is 11.5 Å². The molecule has 0 spiro atoms. The van der Waals surface area contributed by atoms with Crippen LogP contribution in [0, 0.1) is 5.92 Å². The minimum absolute atomic E-state index is 0.105. The molecule has 1 aromatic carbocycles. The number of para-hydroxylation sites is 2. The summed E-state index contributed by atoms with van der Waals surface area (Å²) in [5, 5.41) is 3.24. The first-order chi connectivity index (χ1) is 9.81. The summed E-state index contributed by atoms with van der Waals surface area (Å²) >= 11 is 0. The summed E-state index contributed by atoms with van der Waals surface area (Å²) < 4.78 is 46.6. The third-order valence-corrected chi connectivity index (χ3v) is 2.75. The maximum atomic E-state index is 12.3. The van der Waals surface area contributed by atoms with Gasteiger partial charge in [0.1, 0.15) is 6.10 Å². The van der Waals surface area contributed by atoms with Crippen molar-refractivity contribution in [2.45, 2.75) is 39.7 Å². The van der Waals surface area contributed by atoms with Gasteiger partial charge >= 0.3 is 6.36 Å². The van der Waals surface area contributed by atoms with Gasteiger partial charge in [0, 0.05) is 6.54 Å². The molecule has 0 bridgehead atoms. The van der Waals surface area contributed by atoms with E-state index in [1.165, 1.54) is 18.2 Å². The van der Waals surface area contributed by atoms with E-state index in [2.05, 4.69) is 23.9 Å². The number of ether oxygens (including phenoxy) is 2. The molecule has 1 unspecified atom stereocenters. The van der Waals surface area contributed by atoms with Crippen molar-refractivity contribution in [2.75, 3.05) is 13.1 Å². The fraction of sp³-hybridized carbons (Fsp3) is 0.600. The lowest BCUT2D eigenvalue weighted by Crippen LogP contribution is -2.33. The summed E-state index contributed by atoms with van der Waals surface area (Å²) in [5.74, 6) is 0.295. The molecule has 6 heteroatoms. The molecule has 0 aliphatic rings. The number of rotatable bonds is 8. The molecule has 0 saturated heterocycles. The van der Waals surface area contributed by atoms with Gasteiger partial charge < -0.3 is 14.8 Å². The molecule has 1 aromatic rings. The van der Waals surface area contributed by atoms with Crippen LogP contribution in [0.1, 0.15) is 27.2 Å². The molecule has 0 fully saturated rings. The van der Waals surface area contributed by atoms with Crippen molar-refractivity contribution in [1.82, 2.24) is 5.32 Å². The van der Waals surface area contributed by atoms with Crippen molar-refractivity contribution >= 4 is 0 Å².